The van der Waals surface area contributed by atoms with Gasteiger partial charge in [-0.05, 0) is 30.2 Å². The van der Waals surface area contributed by atoms with Gasteiger partial charge in [-0.3, -0.25) is 9.78 Å². The Balaban J connectivity index is 2.03. The fourth-order valence-electron chi connectivity index (χ4n) is 1.50. The molecule has 1 amide bonds. The van der Waals surface area contributed by atoms with Crippen LogP contribution in [-0.4, -0.2) is 15.9 Å². The molecule has 0 aliphatic carbocycles. The second-order valence-electron chi connectivity index (χ2n) is 3.85. The average Bonchev–Trinajstić information content (AvgIpc) is 2.37. The molecule has 92 valence electrons. The fraction of sp³-hybridized carbons (Fsp3) is 0.154. The number of nitrogens with one attached hydrogen (secondary N) is 1. The first kappa shape index (κ1) is 12.2. The van der Waals surface area contributed by atoms with Gasteiger partial charge in [0, 0.05) is 36.8 Å². The highest BCUT2D eigenvalue weighted by Gasteiger charge is 2.07. The number of carbonyl (C=O) groups excluding carboxylic acids is 1. The van der Waals surface area contributed by atoms with Crippen molar-refractivity contribution in [2.75, 3.05) is 0 Å². The second-order valence-corrected chi connectivity index (χ2v) is 3.85. The van der Waals surface area contributed by atoms with Crippen molar-refractivity contribution in [3.63, 3.8) is 0 Å². The van der Waals surface area contributed by atoms with Crippen LogP contribution in [0.2, 0.25) is 0 Å². The molecular weight excluding hydrogens is 233 g/mol. The zero-order valence-electron chi connectivity index (χ0n) is 9.85. The maximum atomic E-state index is 12.9. The zero-order chi connectivity index (χ0) is 13.0. The number of hydrogen-bond donors (Lipinski definition) is 1. The van der Waals surface area contributed by atoms with Gasteiger partial charge >= 0.3 is 0 Å². The van der Waals surface area contributed by atoms with E-state index in [4.69, 9.17) is 0 Å². The molecule has 0 aliphatic heterocycles. The van der Waals surface area contributed by atoms with Gasteiger partial charge in [-0.15, -0.1) is 0 Å². The first-order valence-corrected chi connectivity index (χ1v) is 5.46. The predicted molar refractivity (Wildman–Crippen MR) is 64.3 cm³/mol. The number of carbonyl (C=O) groups is 1. The van der Waals surface area contributed by atoms with Crippen LogP contribution >= 0.6 is 0 Å². The first-order valence-electron chi connectivity index (χ1n) is 5.46. The van der Waals surface area contributed by atoms with Gasteiger partial charge in [0.2, 0.25) is 5.95 Å². The molecule has 0 fully saturated rings. The van der Waals surface area contributed by atoms with E-state index in [9.17, 15) is 9.18 Å². The Hall–Kier alpha value is -2.30. The first-order chi connectivity index (χ1) is 8.66. The van der Waals surface area contributed by atoms with Crippen molar-refractivity contribution in [1.29, 1.82) is 0 Å². The van der Waals surface area contributed by atoms with Gasteiger partial charge in [-0.2, -0.15) is 4.39 Å². The van der Waals surface area contributed by atoms with Gasteiger partial charge in [0.05, 0.1) is 0 Å². The summed E-state index contributed by atoms with van der Waals surface area (Å²) >= 11 is 0. The molecule has 18 heavy (non-hydrogen) atoms. The third-order valence-electron chi connectivity index (χ3n) is 2.58. The third-order valence-corrected chi connectivity index (χ3v) is 2.58. The Bertz CT molecular complexity index is 572. The summed E-state index contributed by atoms with van der Waals surface area (Å²) in [7, 11) is 0. The summed E-state index contributed by atoms with van der Waals surface area (Å²) in [6, 6.07) is 4.44. The quantitative estimate of drug-likeness (QED) is 0.840. The van der Waals surface area contributed by atoms with Crippen molar-refractivity contribution in [2.45, 2.75) is 13.5 Å². The second kappa shape index (κ2) is 5.35. The minimum Gasteiger partial charge on any atom is -0.348 e. The smallest absolute Gasteiger partial charge is 0.251 e. The van der Waals surface area contributed by atoms with E-state index in [1.54, 1.807) is 12.4 Å². The molecule has 5 heteroatoms. The Morgan fingerprint density at radius 3 is 2.94 bits per heavy atom. The number of amides is 1. The lowest BCUT2D eigenvalue weighted by molar-refractivity contribution is 0.0950. The van der Waals surface area contributed by atoms with Gasteiger partial charge in [0.15, 0.2) is 0 Å². The highest BCUT2D eigenvalue weighted by Crippen LogP contribution is 2.05. The van der Waals surface area contributed by atoms with Crippen LogP contribution in [0.5, 0.6) is 0 Å². The minimum atomic E-state index is -0.666. The molecule has 0 bridgehead atoms. The van der Waals surface area contributed by atoms with Crippen LogP contribution in [0, 0.1) is 12.9 Å². The molecule has 0 radical (unpaired) electrons. The van der Waals surface area contributed by atoms with Crippen molar-refractivity contribution < 1.29 is 9.18 Å². The molecular formula is C13H12FN3O. The molecule has 0 spiro atoms. The lowest BCUT2D eigenvalue weighted by atomic mass is 10.1. The summed E-state index contributed by atoms with van der Waals surface area (Å²) in [5.74, 6) is -1.00. The Morgan fingerprint density at radius 1 is 1.39 bits per heavy atom. The number of aromatic nitrogens is 2. The van der Waals surface area contributed by atoms with Crippen molar-refractivity contribution in [2.24, 2.45) is 0 Å². The summed E-state index contributed by atoms with van der Waals surface area (Å²) in [4.78, 5) is 19.1. The van der Waals surface area contributed by atoms with Crippen LogP contribution in [-0.2, 0) is 6.54 Å². The minimum absolute atomic E-state index is 0.254. The van der Waals surface area contributed by atoms with Crippen molar-refractivity contribution >= 4 is 5.91 Å². The number of aryl methyl sites for hydroxylation is 1. The van der Waals surface area contributed by atoms with Crippen LogP contribution in [0.1, 0.15) is 21.5 Å². The average molecular weight is 245 g/mol. The number of nitrogens with zero attached hydrogens (tertiary/aromatic N) is 2. The largest absolute Gasteiger partial charge is 0.348 e. The number of pyridine rings is 2. The van der Waals surface area contributed by atoms with E-state index in [1.807, 2.05) is 13.0 Å². The molecule has 2 rings (SSSR count). The molecule has 2 heterocycles. The number of rotatable bonds is 3. The van der Waals surface area contributed by atoms with E-state index in [1.165, 1.54) is 12.3 Å². The third kappa shape index (κ3) is 2.88. The molecule has 2 aromatic heterocycles. The summed E-state index contributed by atoms with van der Waals surface area (Å²) in [6.45, 7) is 2.30. The summed E-state index contributed by atoms with van der Waals surface area (Å²) in [6.07, 6.45) is 4.65. The van der Waals surface area contributed by atoms with Crippen LogP contribution in [0.3, 0.4) is 0 Å². The van der Waals surface area contributed by atoms with E-state index in [-0.39, 0.29) is 11.5 Å². The van der Waals surface area contributed by atoms with E-state index in [0.717, 1.165) is 17.2 Å². The number of hydrogen-bond acceptors (Lipinski definition) is 3. The molecule has 0 unspecified atom stereocenters. The monoisotopic (exact) mass is 245 g/mol. The topological polar surface area (TPSA) is 54.9 Å². The van der Waals surface area contributed by atoms with E-state index < -0.39 is 5.95 Å². The Kier molecular flexibility index (Phi) is 3.62. The molecule has 0 atom stereocenters. The highest BCUT2D eigenvalue weighted by atomic mass is 19.1. The Morgan fingerprint density at radius 2 is 2.22 bits per heavy atom. The van der Waals surface area contributed by atoms with Gasteiger partial charge in [0.1, 0.15) is 0 Å². The Labute approximate surface area is 104 Å². The van der Waals surface area contributed by atoms with Crippen LogP contribution in [0.4, 0.5) is 4.39 Å². The highest BCUT2D eigenvalue weighted by molar-refractivity contribution is 5.93. The molecule has 2 aromatic rings. The lowest BCUT2D eigenvalue weighted by Gasteiger charge is -2.07. The van der Waals surface area contributed by atoms with E-state index >= 15 is 0 Å². The zero-order valence-corrected chi connectivity index (χ0v) is 9.85. The molecule has 1 N–H and O–H groups in total. The van der Waals surface area contributed by atoms with E-state index in [0.29, 0.717) is 6.54 Å². The molecule has 0 saturated carbocycles. The van der Waals surface area contributed by atoms with Crippen molar-refractivity contribution in [3.8, 4) is 0 Å². The van der Waals surface area contributed by atoms with Crippen LogP contribution in [0.15, 0.2) is 36.8 Å². The molecule has 4 nitrogen and oxygen atoms in total. The van der Waals surface area contributed by atoms with E-state index in [2.05, 4.69) is 15.3 Å². The SMILES string of the molecule is Cc1ccncc1CNC(=O)c1ccnc(F)c1. The summed E-state index contributed by atoms with van der Waals surface area (Å²) in [5, 5.41) is 2.71. The summed E-state index contributed by atoms with van der Waals surface area (Å²) < 4.78 is 12.9. The van der Waals surface area contributed by atoms with Gasteiger partial charge in [0.25, 0.3) is 5.91 Å². The van der Waals surface area contributed by atoms with Crippen molar-refractivity contribution in [3.05, 3.63) is 59.4 Å². The van der Waals surface area contributed by atoms with Crippen LogP contribution < -0.4 is 5.32 Å². The molecule has 0 aliphatic rings. The lowest BCUT2D eigenvalue weighted by Crippen LogP contribution is -2.23. The number of halogens is 1. The molecule has 0 aromatic carbocycles. The maximum Gasteiger partial charge on any atom is 0.251 e. The van der Waals surface area contributed by atoms with Gasteiger partial charge in [-0.1, -0.05) is 0 Å². The van der Waals surface area contributed by atoms with Crippen molar-refractivity contribution in [1.82, 2.24) is 15.3 Å². The summed E-state index contributed by atoms with van der Waals surface area (Å²) in [5.41, 5.74) is 2.23. The predicted octanol–water partition coefficient (Wildman–Crippen LogP) is 1.85. The molecule has 0 saturated heterocycles. The standard InChI is InChI=1S/C13H12FN3O/c1-9-2-4-15-7-11(9)8-17-13(18)10-3-5-16-12(14)6-10/h2-7H,8H2,1H3,(H,17,18). The normalized spacial score (nSPS) is 10.1. The fourth-order valence-corrected chi connectivity index (χ4v) is 1.50. The van der Waals surface area contributed by atoms with Gasteiger partial charge < -0.3 is 5.32 Å². The van der Waals surface area contributed by atoms with Crippen LogP contribution in [0.25, 0.3) is 0 Å². The van der Waals surface area contributed by atoms with Gasteiger partial charge in [-0.25, -0.2) is 4.98 Å². The maximum absolute atomic E-state index is 12.9.